The average Bonchev–Trinajstić information content (AvgIpc) is 2.57. The van der Waals surface area contributed by atoms with Gasteiger partial charge in [-0.2, -0.15) is 0 Å². The molecule has 1 saturated heterocycles. The number of carbonyl (C=O) groups excluding carboxylic acids is 1. The van der Waals surface area contributed by atoms with Crippen LogP contribution in [-0.4, -0.2) is 37.0 Å². The molecule has 0 aliphatic carbocycles. The third-order valence-corrected chi connectivity index (χ3v) is 5.20. The molecule has 2 aromatic carbocycles. The van der Waals surface area contributed by atoms with Gasteiger partial charge in [-0.1, -0.05) is 40.9 Å². The summed E-state index contributed by atoms with van der Waals surface area (Å²) in [5, 5.41) is 1.68. The van der Waals surface area contributed by atoms with Gasteiger partial charge in [0.25, 0.3) is 5.91 Å². The van der Waals surface area contributed by atoms with E-state index in [0.29, 0.717) is 28.7 Å². The predicted octanol–water partition coefficient (Wildman–Crippen LogP) is 4.92. The standard InChI is InChI=1S/C18H17Cl3N2O/c1-12-2-4-14(11-16(12)20)22-6-8-23(9-7-22)18(24)15-5-3-13(19)10-17(15)21/h2-5,10-11H,6-9H2,1H3. The first-order valence-corrected chi connectivity index (χ1v) is 8.84. The minimum absolute atomic E-state index is 0.0572. The van der Waals surface area contributed by atoms with Gasteiger partial charge in [0.15, 0.2) is 0 Å². The molecule has 0 bridgehead atoms. The molecule has 3 rings (SSSR count). The number of rotatable bonds is 2. The Labute approximate surface area is 156 Å². The maximum Gasteiger partial charge on any atom is 0.255 e. The SMILES string of the molecule is Cc1ccc(N2CCN(C(=O)c3ccc(Cl)cc3Cl)CC2)cc1Cl. The molecule has 24 heavy (non-hydrogen) atoms. The fraction of sp³-hybridized carbons (Fsp3) is 0.278. The molecule has 1 amide bonds. The van der Waals surface area contributed by atoms with Gasteiger partial charge in [0.1, 0.15) is 0 Å². The van der Waals surface area contributed by atoms with E-state index in [9.17, 15) is 4.79 Å². The molecule has 0 saturated carbocycles. The van der Waals surface area contributed by atoms with Gasteiger partial charge in [-0.05, 0) is 42.8 Å². The Morgan fingerprint density at radius 2 is 1.62 bits per heavy atom. The van der Waals surface area contributed by atoms with Crippen LogP contribution in [0.1, 0.15) is 15.9 Å². The zero-order valence-corrected chi connectivity index (χ0v) is 15.5. The van der Waals surface area contributed by atoms with Crippen LogP contribution < -0.4 is 4.90 Å². The van der Waals surface area contributed by atoms with E-state index in [4.69, 9.17) is 34.8 Å². The summed E-state index contributed by atoms with van der Waals surface area (Å²) < 4.78 is 0. The van der Waals surface area contributed by atoms with E-state index in [1.165, 1.54) is 0 Å². The average molecular weight is 384 g/mol. The van der Waals surface area contributed by atoms with Crippen LogP contribution in [0.2, 0.25) is 15.1 Å². The number of halogens is 3. The molecule has 0 spiro atoms. The topological polar surface area (TPSA) is 23.6 Å². The van der Waals surface area contributed by atoms with E-state index in [0.717, 1.165) is 29.4 Å². The van der Waals surface area contributed by atoms with Gasteiger partial charge in [-0.25, -0.2) is 0 Å². The molecule has 3 nitrogen and oxygen atoms in total. The van der Waals surface area contributed by atoms with Crippen molar-refractivity contribution in [3.05, 3.63) is 62.6 Å². The molecule has 0 N–H and O–H groups in total. The van der Waals surface area contributed by atoms with Crippen LogP contribution >= 0.6 is 34.8 Å². The van der Waals surface area contributed by atoms with Crippen molar-refractivity contribution in [1.82, 2.24) is 4.90 Å². The van der Waals surface area contributed by atoms with E-state index in [1.807, 2.05) is 24.0 Å². The molecule has 2 aromatic rings. The zero-order chi connectivity index (χ0) is 17.3. The summed E-state index contributed by atoms with van der Waals surface area (Å²) >= 11 is 18.2. The van der Waals surface area contributed by atoms with Gasteiger partial charge in [0.2, 0.25) is 0 Å². The number of hydrogen-bond donors (Lipinski definition) is 0. The van der Waals surface area contributed by atoms with Crippen molar-refractivity contribution in [2.45, 2.75) is 6.92 Å². The van der Waals surface area contributed by atoms with Crippen LogP contribution in [0.15, 0.2) is 36.4 Å². The largest absolute Gasteiger partial charge is 0.368 e. The highest BCUT2D eigenvalue weighted by molar-refractivity contribution is 6.36. The van der Waals surface area contributed by atoms with Crippen molar-refractivity contribution in [2.75, 3.05) is 31.1 Å². The first-order valence-electron chi connectivity index (χ1n) is 7.71. The minimum Gasteiger partial charge on any atom is -0.368 e. The van der Waals surface area contributed by atoms with E-state index in [1.54, 1.807) is 18.2 Å². The number of hydrogen-bond acceptors (Lipinski definition) is 2. The van der Waals surface area contributed by atoms with Crippen LogP contribution in [-0.2, 0) is 0 Å². The van der Waals surface area contributed by atoms with Crippen molar-refractivity contribution in [2.24, 2.45) is 0 Å². The van der Waals surface area contributed by atoms with Crippen molar-refractivity contribution >= 4 is 46.4 Å². The normalized spacial score (nSPS) is 14.8. The molecule has 1 aliphatic heterocycles. The lowest BCUT2D eigenvalue weighted by molar-refractivity contribution is 0.0747. The number of nitrogens with zero attached hydrogens (tertiary/aromatic N) is 2. The summed E-state index contributed by atoms with van der Waals surface area (Å²) in [4.78, 5) is 16.7. The zero-order valence-electron chi connectivity index (χ0n) is 13.2. The number of carbonyl (C=O) groups is 1. The number of benzene rings is 2. The van der Waals surface area contributed by atoms with E-state index in [2.05, 4.69) is 11.0 Å². The van der Waals surface area contributed by atoms with Crippen molar-refractivity contribution in [3.63, 3.8) is 0 Å². The fourth-order valence-electron chi connectivity index (χ4n) is 2.78. The summed E-state index contributed by atoms with van der Waals surface area (Å²) in [6, 6.07) is 11.0. The maximum absolute atomic E-state index is 12.6. The Morgan fingerprint density at radius 1 is 0.917 bits per heavy atom. The molecule has 0 atom stereocenters. The lowest BCUT2D eigenvalue weighted by Gasteiger charge is -2.36. The first-order chi connectivity index (χ1) is 11.5. The van der Waals surface area contributed by atoms with E-state index >= 15 is 0 Å². The maximum atomic E-state index is 12.6. The first kappa shape index (κ1) is 17.4. The molecule has 126 valence electrons. The van der Waals surface area contributed by atoms with Gasteiger partial charge >= 0.3 is 0 Å². The molecule has 0 unspecified atom stereocenters. The van der Waals surface area contributed by atoms with Crippen LogP contribution in [0, 0.1) is 6.92 Å². The van der Waals surface area contributed by atoms with Crippen molar-refractivity contribution < 1.29 is 4.79 Å². The number of anilines is 1. The number of amides is 1. The highest BCUT2D eigenvalue weighted by Crippen LogP contribution is 2.26. The smallest absolute Gasteiger partial charge is 0.255 e. The summed E-state index contributed by atoms with van der Waals surface area (Å²) in [6.45, 7) is 4.79. The van der Waals surface area contributed by atoms with Crippen molar-refractivity contribution in [3.8, 4) is 0 Å². The van der Waals surface area contributed by atoms with Crippen molar-refractivity contribution in [1.29, 1.82) is 0 Å². The molecular formula is C18H17Cl3N2O. The highest BCUT2D eigenvalue weighted by Gasteiger charge is 2.24. The monoisotopic (exact) mass is 382 g/mol. The summed E-state index contributed by atoms with van der Waals surface area (Å²) in [7, 11) is 0. The van der Waals surface area contributed by atoms with Crippen LogP contribution in [0.3, 0.4) is 0 Å². The van der Waals surface area contributed by atoms with Crippen LogP contribution in [0.4, 0.5) is 5.69 Å². The second-order valence-electron chi connectivity index (χ2n) is 5.84. The molecule has 1 fully saturated rings. The molecule has 6 heteroatoms. The highest BCUT2D eigenvalue weighted by atomic mass is 35.5. The molecule has 0 radical (unpaired) electrons. The van der Waals surface area contributed by atoms with Gasteiger partial charge < -0.3 is 9.80 Å². The summed E-state index contributed by atoms with van der Waals surface area (Å²) in [5.74, 6) is -0.0572. The second-order valence-corrected chi connectivity index (χ2v) is 7.09. The molecule has 1 heterocycles. The predicted molar refractivity (Wildman–Crippen MR) is 101 cm³/mol. The summed E-state index contributed by atoms with van der Waals surface area (Å²) in [5.41, 5.74) is 2.64. The summed E-state index contributed by atoms with van der Waals surface area (Å²) in [6.07, 6.45) is 0. The van der Waals surface area contributed by atoms with E-state index < -0.39 is 0 Å². The third-order valence-electron chi connectivity index (χ3n) is 4.25. The quantitative estimate of drug-likeness (QED) is 0.735. The Morgan fingerprint density at radius 3 is 2.25 bits per heavy atom. The lowest BCUT2D eigenvalue weighted by Crippen LogP contribution is -2.48. The Hall–Kier alpha value is -1.42. The minimum atomic E-state index is -0.0572. The Bertz CT molecular complexity index is 771. The number of piperazine rings is 1. The lowest BCUT2D eigenvalue weighted by atomic mass is 10.1. The van der Waals surface area contributed by atoms with Gasteiger partial charge in [-0.15, -0.1) is 0 Å². The van der Waals surface area contributed by atoms with Gasteiger partial charge in [-0.3, -0.25) is 4.79 Å². The third kappa shape index (κ3) is 3.64. The molecular weight excluding hydrogens is 367 g/mol. The molecule has 1 aliphatic rings. The second kappa shape index (κ2) is 7.22. The Balaban J connectivity index is 1.68. The van der Waals surface area contributed by atoms with Crippen LogP contribution in [0.5, 0.6) is 0 Å². The molecule has 0 aromatic heterocycles. The Kier molecular flexibility index (Phi) is 5.24. The van der Waals surface area contributed by atoms with Crippen LogP contribution in [0.25, 0.3) is 0 Å². The van der Waals surface area contributed by atoms with E-state index in [-0.39, 0.29) is 5.91 Å². The number of aryl methyl sites for hydroxylation is 1. The van der Waals surface area contributed by atoms with Gasteiger partial charge in [0.05, 0.1) is 10.6 Å². The van der Waals surface area contributed by atoms with Gasteiger partial charge in [0, 0.05) is 41.9 Å². The fourth-order valence-corrected chi connectivity index (χ4v) is 3.44.